The lowest BCUT2D eigenvalue weighted by Crippen LogP contribution is -2.62. The third-order valence-corrected chi connectivity index (χ3v) is 6.73. The highest BCUT2D eigenvalue weighted by Gasteiger charge is 2.52. The number of carboxylic acids is 1. The Labute approximate surface area is 155 Å². The Morgan fingerprint density at radius 1 is 1.31 bits per heavy atom. The molecule has 0 radical (unpaired) electrons. The standard InChI is InChI=1S/C21H29N3O2/c1-14-5-6-17-16(11-14)15(2)18(22-17)12-24-10-8-21(20(25)26)7-4-9-23(3)19(21)13-24/h5-6,11,19,22H,4,7-10,12-13H2,1-3H3,(H,25,26)/t19-,21+/m1/s1. The summed E-state index contributed by atoms with van der Waals surface area (Å²) in [5.74, 6) is -0.606. The number of nitrogens with one attached hydrogen (secondary N) is 1. The van der Waals surface area contributed by atoms with Crippen molar-refractivity contribution in [3.63, 3.8) is 0 Å². The van der Waals surface area contributed by atoms with Crippen LogP contribution in [0.2, 0.25) is 0 Å². The fourth-order valence-electron chi connectivity index (χ4n) is 5.07. The number of likely N-dealkylation sites (tertiary alicyclic amines) is 2. The molecule has 4 rings (SSSR count). The van der Waals surface area contributed by atoms with Gasteiger partial charge in [0.25, 0.3) is 0 Å². The average molecular weight is 355 g/mol. The van der Waals surface area contributed by atoms with Crippen LogP contribution in [0, 0.1) is 19.3 Å². The molecule has 5 nitrogen and oxygen atoms in total. The van der Waals surface area contributed by atoms with E-state index in [9.17, 15) is 9.90 Å². The molecule has 26 heavy (non-hydrogen) atoms. The third-order valence-electron chi connectivity index (χ3n) is 6.73. The van der Waals surface area contributed by atoms with E-state index in [1.165, 1.54) is 27.7 Å². The van der Waals surface area contributed by atoms with Gasteiger partial charge in [-0.25, -0.2) is 0 Å². The van der Waals surface area contributed by atoms with Crippen LogP contribution in [-0.2, 0) is 11.3 Å². The molecule has 2 fully saturated rings. The molecule has 2 atom stereocenters. The summed E-state index contributed by atoms with van der Waals surface area (Å²) in [7, 11) is 2.09. The van der Waals surface area contributed by atoms with Gasteiger partial charge in [0.05, 0.1) is 5.41 Å². The number of piperidine rings is 2. The minimum atomic E-state index is -0.606. The first-order valence-electron chi connectivity index (χ1n) is 9.64. The van der Waals surface area contributed by atoms with Gasteiger partial charge in [-0.3, -0.25) is 9.69 Å². The molecule has 1 aromatic heterocycles. The number of rotatable bonds is 3. The van der Waals surface area contributed by atoms with Crippen molar-refractivity contribution in [3.05, 3.63) is 35.0 Å². The molecular formula is C21H29N3O2. The predicted octanol–water partition coefficient (Wildman–Crippen LogP) is 3.16. The highest BCUT2D eigenvalue weighted by molar-refractivity contribution is 5.85. The van der Waals surface area contributed by atoms with E-state index in [4.69, 9.17) is 0 Å². The maximum Gasteiger partial charge on any atom is 0.311 e. The van der Waals surface area contributed by atoms with Gasteiger partial charge in [0, 0.05) is 35.7 Å². The van der Waals surface area contributed by atoms with Crippen LogP contribution in [0.5, 0.6) is 0 Å². The van der Waals surface area contributed by atoms with E-state index in [2.05, 4.69) is 53.9 Å². The molecule has 0 saturated carbocycles. The second kappa shape index (κ2) is 6.39. The van der Waals surface area contributed by atoms with Gasteiger partial charge in [0.2, 0.25) is 0 Å². The Kier molecular flexibility index (Phi) is 4.32. The smallest absolute Gasteiger partial charge is 0.311 e. The second-order valence-corrected chi connectivity index (χ2v) is 8.32. The number of nitrogens with zero attached hydrogens (tertiary/aromatic N) is 2. The van der Waals surface area contributed by atoms with E-state index >= 15 is 0 Å². The van der Waals surface area contributed by atoms with Crippen molar-refractivity contribution in [1.29, 1.82) is 0 Å². The number of carbonyl (C=O) groups is 1. The van der Waals surface area contributed by atoms with Gasteiger partial charge in [0.15, 0.2) is 0 Å². The molecule has 2 N–H and O–H groups in total. The van der Waals surface area contributed by atoms with Crippen molar-refractivity contribution in [3.8, 4) is 0 Å². The molecule has 140 valence electrons. The first kappa shape index (κ1) is 17.6. The quantitative estimate of drug-likeness (QED) is 0.888. The van der Waals surface area contributed by atoms with E-state index in [0.717, 1.165) is 45.4 Å². The van der Waals surface area contributed by atoms with E-state index in [1.54, 1.807) is 0 Å². The third kappa shape index (κ3) is 2.74. The molecule has 0 aliphatic carbocycles. The lowest BCUT2D eigenvalue weighted by atomic mass is 9.68. The second-order valence-electron chi connectivity index (χ2n) is 8.32. The Balaban J connectivity index is 1.57. The maximum atomic E-state index is 12.1. The summed E-state index contributed by atoms with van der Waals surface area (Å²) in [5, 5.41) is 11.2. The number of hydrogen-bond donors (Lipinski definition) is 2. The van der Waals surface area contributed by atoms with Crippen molar-refractivity contribution in [2.45, 2.75) is 45.7 Å². The van der Waals surface area contributed by atoms with Crippen LogP contribution in [0.4, 0.5) is 0 Å². The summed E-state index contributed by atoms with van der Waals surface area (Å²) >= 11 is 0. The maximum absolute atomic E-state index is 12.1. The summed E-state index contributed by atoms with van der Waals surface area (Å²) in [5.41, 5.74) is 4.48. The fraction of sp³-hybridized carbons (Fsp3) is 0.571. The van der Waals surface area contributed by atoms with Gasteiger partial charge in [-0.05, 0) is 70.9 Å². The van der Waals surface area contributed by atoms with Crippen molar-refractivity contribution in [2.24, 2.45) is 5.41 Å². The van der Waals surface area contributed by atoms with Crippen LogP contribution >= 0.6 is 0 Å². The number of likely N-dealkylation sites (N-methyl/N-ethyl adjacent to an activating group) is 1. The van der Waals surface area contributed by atoms with Crippen molar-refractivity contribution in [1.82, 2.24) is 14.8 Å². The van der Waals surface area contributed by atoms with Crippen molar-refractivity contribution in [2.75, 3.05) is 26.7 Å². The first-order valence-corrected chi connectivity index (χ1v) is 9.64. The largest absolute Gasteiger partial charge is 0.481 e. The zero-order chi connectivity index (χ0) is 18.5. The Hall–Kier alpha value is -1.85. The van der Waals surface area contributed by atoms with Gasteiger partial charge in [-0.1, -0.05) is 11.6 Å². The van der Waals surface area contributed by atoms with Crippen LogP contribution < -0.4 is 0 Å². The van der Waals surface area contributed by atoms with Crippen LogP contribution in [-0.4, -0.2) is 58.6 Å². The highest BCUT2D eigenvalue weighted by Crippen LogP contribution is 2.42. The molecule has 0 spiro atoms. The number of H-pyrrole nitrogens is 1. The molecule has 0 amide bonds. The van der Waals surface area contributed by atoms with E-state index in [0.29, 0.717) is 0 Å². The number of carboxylic acid groups (broad SMARTS) is 1. The topological polar surface area (TPSA) is 59.6 Å². The summed E-state index contributed by atoms with van der Waals surface area (Å²) in [6.45, 7) is 7.85. The summed E-state index contributed by atoms with van der Waals surface area (Å²) in [6.07, 6.45) is 2.55. The number of aryl methyl sites for hydroxylation is 2. The summed E-state index contributed by atoms with van der Waals surface area (Å²) < 4.78 is 0. The summed E-state index contributed by atoms with van der Waals surface area (Å²) in [4.78, 5) is 20.4. The molecule has 2 aromatic rings. The Morgan fingerprint density at radius 3 is 2.88 bits per heavy atom. The number of aromatic nitrogens is 1. The number of fused-ring (bicyclic) bond motifs is 2. The molecule has 0 bridgehead atoms. The molecular weight excluding hydrogens is 326 g/mol. The van der Waals surface area contributed by atoms with Crippen LogP contribution in [0.3, 0.4) is 0 Å². The van der Waals surface area contributed by atoms with Gasteiger partial charge >= 0.3 is 5.97 Å². The Morgan fingerprint density at radius 2 is 2.12 bits per heavy atom. The van der Waals surface area contributed by atoms with Crippen molar-refractivity contribution >= 4 is 16.9 Å². The van der Waals surface area contributed by atoms with Crippen LogP contribution in [0.1, 0.15) is 36.1 Å². The SMILES string of the molecule is Cc1ccc2[nH]c(CN3CC[C@@]4(C(=O)O)CCCN(C)[C@@H]4C3)c(C)c2c1. The monoisotopic (exact) mass is 355 g/mol. The average Bonchev–Trinajstić information content (AvgIpc) is 2.91. The van der Waals surface area contributed by atoms with Crippen LogP contribution in [0.25, 0.3) is 10.9 Å². The summed E-state index contributed by atoms with van der Waals surface area (Å²) in [6, 6.07) is 6.64. The highest BCUT2D eigenvalue weighted by atomic mass is 16.4. The van der Waals surface area contributed by atoms with Crippen molar-refractivity contribution < 1.29 is 9.90 Å². The molecule has 5 heteroatoms. The Bertz CT molecular complexity index is 843. The molecule has 1 aromatic carbocycles. The molecule has 2 aliphatic heterocycles. The minimum Gasteiger partial charge on any atom is -0.481 e. The van der Waals surface area contributed by atoms with Gasteiger partial charge in [-0.2, -0.15) is 0 Å². The fourth-order valence-corrected chi connectivity index (χ4v) is 5.07. The van der Waals surface area contributed by atoms with Gasteiger partial charge in [-0.15, -0.1) is 0 Å². The van der Waals surface area contributed by atoms with Gasteiger partial charge < -0.3 is 15.0 Å². The lowest BCUT2D eigenvalue weighted by Gasteiger charge is -2.51. The first-order chi connectivity index (χ1) is 12.4. The molecule has 2 aliphatic rings. The van der Waals surface area contributed by atoms with E-state index in [1.807, 2.05) is 0 Å². The predicted molar refractivity (Wildman–Crippen MR) is 103 cm³/mol. The number of hydrogen-bond acceptors (Lipinski definition) is 3. The van der Waals surface area contributed by atoms with E-state index in [-0.39, 0.29) is 6.04 Å². The number of aromatic amines is 1. The minimum absolute atomic E-state index is 0.106. The normalized spacial score (nSPS) is 27.6. The lowest BCUT2D eigenvalue weighted by molar-refractivity contribution is -0.162. The van der Waals surface area contributed by atoms with Crippen LogP contribution in [0.15, 0.2) is 18.2 Å². The van der Waals surface area contributed by atoms with E-state index < -0.39 is 11.4 Å². The zero-order valence-corrected chi connectivity index (χ0v) is 16.0. The molecule has 3 heterocycles. The molecule has 2 saturated heterocycles. The number of aliphatic carboxylic acids is 1. The zero-order valence-electron chi connectivity index (χ0n) is 16.0. The molecule has 0 unspecified atom stereocenters. The number of benzene rings is 1. The van der Waals surface area contributed by atoms with Gasteiger partial charge in [0.1, 0.15) is 0 Å².